The van der Waals surface area contributed by atoms with Gasteiger partial charge >= 0.3 is 0 Å². The normalized spacial score (nSPS) is 11.0. The second-order valence-electron chi connectivity index (χ2n) is 5.68. The summed E-state index contributed by atoms with van der Waals surface area (Å²) in [5.41, 5.74) is 0.781. The maximum absolute atomic E-state index is 12.9. The molecule has 2 aromatic rings. The number of halogens is 1. The highest BCUT2D eigenvalue weighted by atomic mass is 32.2. The van der Waals surface area contributed by atoms with Crippen LogP contribution in [0.25, 0.3) is 0 Å². The smallest absolute Gasteiger partial charge is 0.232 e. The van der Waals surface area contributed by atoms with E-state index in [0.29, 0.717) is 22.9 Å². The fourth-order valence-corrected chi connectivity index (χ4v) is 3.35. The number of sulfonamides is 1. The molecular weight excluding hydrogens is 375 g/mol. The van der Waals surface area contributed by atoms with Crippen molar-refractivity contribution in [3.63, 3.8) is 0 Å². The molecule has 0 heterocycles. The number of carbonyl (C=O) groups is 1. The van der Waals surface area contributed by atoms with E-state index < -0.39 is 21.7 Å². The number of anilines is 2. The lowest BCUT2D eigenvalue weighted by atomic mass is 10.2. The number of hydrogen-bond acceptors (Lipinski definition) is 5. The number of carbonyl (C=O) groups excluding carboxylic acids is 1. The quantitative estimate of drug-likeness (QED) is 0.742. The lowest BCUT2D eigenvalue weighted by molar-refractivity contribution is -0.116. The van der Waals surface area contributed by atoms with Crippen molar-refractivity contribution in [1.29, 1.82) is 0 Å². The molecule has 2 aromatic carbocycles. The van der Waals surface area contributed by atoms with Gasteiger partial charge in [-0.2, -0.15) is 0 Å². The molecule has 0 aromatic heterocycles. The minimum atomic E-state index is -3.63. The number of nitrogens with one attached hydrogen (secondary N) is 1. The number of benzene rings is 2. The van der Waals surface area contributed by atoms with E-state index in [4.69, 9.17) is 9.47 Å². The highest BCUT2D eigenvalue weighted by molar-refractivity contribution is 7.92. The zero-order valence-electron chi connectivity index (χ0n) is 15.2. The zero-order valence-corrected chi connectivity index (χ0v) is 16.0. The van der Waals surface area contributed by atoms with Gasteiger partial charge in [0.1, 0.15) is 5.82 Å². The molecule has 0 bridgehead atoms. The summed E-state index contributed by atoms with van der Waals surface area (Å²) < 4.78 is 48.7. The summed E-state index contributed by atoms with van der Waals surface area (Å²) in [7, 11) is -0.704. The topological polar surface area (TPSA) is 84.9 Å². The van der Waals surface area contributed by atoms with Crippen molar-refractivity contribution in [2.75, 3.05) is 36.6 Å². The molecule has 9 heteroatoms. The molecule has 0 spiro atoms. The van der Waals surface area contributed by atoms with Crippen LogP contribution in [0.4, 0.5) is 15.8 Å². The summed E-state index contributed by atoms with van der Waals surface area (Å²) in [6, 6.07) is 9.99. The minimum absolute atomic E-state index is 0.0681. The lowest BCUT2D eigenvalue weighted by Gasteiger charge is -2.23. The Hall–Kier alpha value is -2.81. The van der Waals surface area contributed by atoms with Gasteiger partial charge in [-0.1, -0.05) is 0 Å². The van der Waals surface area contributed by atoms with Crippen molar-refractivity contribution in [3.05, 3.63) is 48.3 Å². The van der Waals surface area contributed by atoms with Gasteiger partial charge in [-0.3, -0.25) is 9.10 Å². The second-order valence-corrected chi connectivity index (χ2v) is 7.59. The van der Waals surface area contributed by atoms with Gasteiger partial charge in [0.15, 0.2) is 11.5 Å². The maximum atomic E-state index is 12.9. The van der Waals surface area contributed by atoms with Crippen molar-refractivity contribution in [2.45, 2.75) is 6.42 Å². The average molecular weight is 396 g/mol. The zero-order chi connectivity index (χ0) is 20.0. The summed E-state index contributed by atoms with van der Waals surface area (Å²) >= 11 is 0. The van der Waals surface area contributed by atoms with Crippen molar-refractivity contribution >= 4 is 27.3 Å². The first kappa shape index (κ1) is 20.5. The van der Waals surface area contributed by atoms with Gasteiger partial charge < -0.3 is 14.8 Å². The van der Waals surface area contributed by atoms with Gasteiger partial charge in [0.05, 0.1) is 26.2 Å². The van der Waals surface area contributed by atoms with Gasteiger partial charge in [0.25, 0.3) is 0 Å². The summed E-state index contributed by atoms with van der Waals surface area (Å²) in [5, 5.41) is 2.60. The fourth-order valence-electron chi connectivity index (χ4n) is 2.43. The third-order valence-corrected chi connectivity index (χ3v) is 4.92. The Balaban J connectivity index is 2.13. The molecule has 0 radical (unpaired) electrons. The molecule has 1 amide bonds. The van der Waals surface area contributed by atoms with Crippen LogP contribution < -0.4 is 19.1 Å². The first-order valence-corrected chi connectivity index (χ1v) is 9.84. The fraction of sp³-hybridized carbons (Fsp3) is 0.278. The Bertz CT molecular complexity index is 900. The van der Waals surface area contributed by atoms with E-state index in [1.54, 1.807) is 12.1 Å². The molecule has 146 valence electrons. The molecule has 0 saturated carbocycles. The Morgan fingerprint density at radius 1 is 1.07 bits per heavy atom. The number of hydrogen-bond donors (Lipinski definition) is 1. The molecule has 2 rings (SSSR count). The SMILES string of the molecule is COc1ccc(N(CCC(=O)Nc2ccc(F)cc2)S(C)(=O)=O)cc1OC. The van der Waals surface area contributed by atoms with Crippen LogP contribution in [0.5, 0.6) is 11.5 Å². The van der Waals surface area contributed by atoms with Gasteiger partial charge in [-0.15, -0.1) is 0 Å². The number of rotatable bonds is 8. The van der Waals surface area contributed by atoms with Crippen LogP contribution in [-0.4, -0.2) is 41.3 Å². The molecule has 0 saturated heterocycles. The predicted octanol–water partition coefficient (Wildman–Crippen LogP) is 2.64. The summed E-state index contributed by atoms with van der Waals surface area (Å²) in [6.45, 7) is -0.0681. The molecule has 0 aliphatic carbocycles. The Morgan fingerprint density at radius 2 is 1.70 bits per heavy atom. The van der Waals surface area contributed by atoms with Crippen LogP contribution in [-0.2, 0) is 14.8 Å². The highest BCUT2D eigenvalue weighted by Gasteiger charge is 2.20. The van der Waals surface area contributed by atoms with Crippen LogP contribution in [0.3, 0.4) is 0 Å². The minimum Gasteiger partial charge on any atom is -0.493 e. The maximum Gasteiger partial charge on any atom is 0.232 e. The first-order chi connectivity index (χ1) is 12.7. The molecule has 0 unspecified atom stereocenters. The standard InChI is InChI=1S/C18H21FN2O5S/c1-25-16-9-8-15(12-17(16)26-2)21(27(3,23)24)11-10-18(22)20-14-6-4-13(19)5-7-14/h4-9,12H,10-11H2,1-3H3,(H,20,22). The second kappa shape index (κ2) is 8.72. The van der Waals surface area contributed by atoms with Crippen LogP contribution in [0.15, 0.2) is 42.5 Å². The molecular formula is C18H21FN2O5S. The van der Waals surface area contributed by atoms with E-state index in [9.17, 15) is 17.6 Å². The van der Waals surface area contributed by atoms with Crippen LogP contribution in [0, 0.1) is 5.82 Å². The highest BCUT2D eigenvalue weighted by Crippen LogP contribution is 2.32. The van der Waals surface area contributed by atoms with Crippen LogP contribution in [0.1, 0.15) is 6.42 Å². The molecule has 0 fully saturated rings. The number of methoxy groups -OCH3 is 2. The van der Waals surface area contributed by atoms with Gasteiger partial charge in [-0.05, 0) is 36.4 Å². The summed E-state index contributed by atoms with van der Waals surface area (Å²) in [6.07, 6.45) is 0.973. The predicted molar refractivity (Wildman–Crippen MR) is 101 cm³/mol. The van der Waals surface area contributed by atoms with Gasteiger partial charge in [-0.25, -0.2) is 12.8 Å². The number of amides is 1. The number of nitrogens with zero attached hydrogens (tertiary/aromatic N) is 1. The van der Waals surface area contributed by atoms with Crippen molar-refractivity contribution < 1.29 is 27.1 Å². The van der Waals surface area contributed by atoms with E-state index in [1.807, 2.05) is 0 Å². The van der Waals surface area contributed by atoms with E-state index in [2.05, 4.69) is 5.32 Å². The Labute approximate surface area is 157 Å². The van der Waals surface area contributed by atoms with E-state index >= 15 is 0 Å². The average Bonchev–Trinajstić information content (AvgIpc) is 2.62. The summed E-state index contributed by atoms with van der Waals surface area (Å²) in [5.74, 6) is 0.0311. The molecule has 27 heavy (non-hydrogen) atoms. The molecule has 0 atom stereocenters. The van der Waals surface area contributed by atoms with E-state index in [-0.39, 0.29) is 13.0 Å². The van der Waals surface area contributed by atoms with E-state index in [0.717, 1.165) is 10.6 Å². The molecule has 1 N–H and O–H groups in total. The Morgan fingerprint density at radius 3 is 2.26 bits per heavy atom. The third kappa shape index (κ3) is 5.58. The largest absolute Gasteiger partial charge is 0.493 e. The lowest BCUT2D eigenvalue weighted by Crippen LogP contribution is -2.33. The third-order valence-electron chi connectivity index (χ3n) is 3.73. The van der Waals surface area contributed by atoms with Crippen molar-refractivity contribution in [3.8, 4) is 11.5 Å². The van der Waals surface area contributed by atoms with Crippen molar-refractivity contribution in [1.82, 2.24) is 0 Å². The molecule has 0 aliphatic heterocycles. The van der Waals surface area contributed by atoms with E-state index in [1.165, 1.54) is 44.6 Å². The summed E-state index contributed by atoms with van der Waals surface area (Å²) in [4.78, 5) is 12.1. The van der Waals surface area contributed by atoms with Gasteiger partial charge in [0, 0.05) is 24.7 Å². The van der Waals surface area contributed by atoms with Gasteiger partial charge in [0.2, 0.25) is 15.9 Å². The molecule has 7 nitrogen and oxygen atoms in total. The van der Waals surface area contributed by atoms with Crippen LogP contribution >= 0.6 is 0 Å². The Kier molecular flexibility index (Phi) is 6.62. The van der Waals surface area contributed by atoms with Crippen LogP contribution in [0.2, 0.25) is 0 Å². The van der Waals surface area contributed by atoms with Crippen molar-refractivity contribution in [2.24, 2.45) is 0 Å². The first-order valence-electron chi connectivity index (χ1n) is 7.99. The molecule has 0 aliphatic rings. The monoisotopic (exact) mass is 396 g/mol. The number of ether oxygens (including phenoxy) is 2.